The van der Waals surface area contributed by atoms with Gasteiger partial charge in [-0.05, 0) is 120 Å². The van der Waals surface area contributed by atoms with Crippen LogP contribution in [0.15, 0.2) is 90.6 Å². The highest BCUT2D eigenvalue weighted by molar-refractivity contribution is 7.10. The van der Waals surface area contributed by atoms with E-state index in [1.54, 1.807) is 92.6 Å². The lowest BCUT2D eigenvalue weighted by molar-refractivity contribution is -0.274. The van der Waals surface area contributed by atoms with Crippen LogP contribution in [0.4, 0.5) is 29.5 Å². The Bertz CT molecular complexity index is 2790. The third-order valence-electron chi connectivity index (χ3n) is 12.9. The highest BCUT2D eigenvalue weighted by Gasteiger charge is 2.41. The minimum atomic E-state index is -4.79. The zero-order chi connectivity index (χ0) is 55.1. The number of amides is 4. The molecule has 412 valence electrons. The maximum atomic E-state index is 14.5. The van der Waals surface area contributed by atoms with Gasteiger partial charge in [0.1, 0.15) is 58.6 Å². The van der Waals surface area contributed by atoms with Crippen molar-refractivity contribution in [1.29, 1.82) is 0 Å². The van der Waals surface area contributed by atoms with Crippen molar-refractivity contribution in [3.8, 4) is 22.8 Å². The lowest BCUT2D eigenvalue weighted by Gasteiger charge is -2.36. The van der Waals surface area contributed by atoms with Crippen molar-refractivity contribution in [2.75, 3.05) is 58.5 Å². The van der Waals surface area contributed by atoms with Gasteiger partial charge >= 0.3 is 12.5 Å². The summed E-state index contributed by atoms with van der Waals surface area (Å²) in [4.78, 5) is 83.7. The summed E-state index contributed by atoms with van der Waals surface area (Å²) in [6, 6.07) is 18.5. The minimum absolute atomic E-state index is 0.0470. The number of ether oxygens (including phenoxy) is 5. The maximum Gasteiger partial charge on any atom is 0.573 e. The average molecular weight is 1090 g/mol. The highest BCUT2D eigenvalue weighted by Crippen LogP contribution is 2.37. The highest BCUT2D eigenvalue weighted by atomic mass is 32.1. The molecule has 1 aliphatic heterocycles. The average Bonchev–Trinajstić information content (AvgIpc) is 4.15. The molecule has 2 fully saturated rings. The molecule has 18 nitrogen and oxygen atoms in total. The Morgan fingerprint density at radius 3 is 2.23 bits per heavy atom. The van der Waals surface area contributed by atoms with Crippen LogP contribution in [0, 0.1) is 5.92 Å². The van der Waals surface area contributed by atoms with Gasteiger partial charge in [-0.2, -0.15) is 0 Å². The first-order chi connectivity index (χ1) is 36.8. The van der Waals surface area contributed by atoms with Crippen LogP contribution < -0.4 is 25.4 Å². The molecule has 0 radical (unpaired) electrons. The van der Waals surface area contributed by atoms with Crippen LogP contribution in [-0.4, -0.2) is 132 Å². The molecule has 22 heteroatoms. The second-order valence-corrected chi connectivity index (χ2v) is 20.6. The second kappa shape index (κ2) is 26.7. The van der Waals surface area contributed by atoms with Crippen molar-refractivity contribution in [1.82, 2.24) is 35.4 Å². The first kappa shape index (κ1) is 57.5. The Morgan fingerprint density at radius 1 is 0.818 bits per heavy atom. The van der Waals surface area contributed by atoms with Crippen molar-refractivity contribution >= 4 is 52.4 Å². The molecule has 1 saturated heterocycles. The predicted octanol–water partition coefficient (Wildman–Crippen LogP) is 9.30. The number of carbonyl (C=O) groups is 5. The number of carbonyl (C=O) groups excluding carboxylic acids is 5. The number of aromatic nitrogens is 3. The first-order valence-electron chi connectivity index (χ1n) is 25.6. The van der Waals surface area contributed by atoms with Crippen LogP contribution in [0.5, 0.6) is 11.5 Å². The summed E-state index contributed by atoms with van der Waals surface area (Å²) in [6.45, 7) is 9.03. The molecule has 0 unspecified atom stereocenters. The molecule has 5 aromatic rings. The van der Waals surface area contributed by atoms with Crippen molar-refractivity contribution in [3.05, 3.63) is 112 Å². The van der Waals surface area contributed by atoms with E-state index in [9.17, 15) is 37.1 Å². The van der Waals surface area contributed by atoms with Gasteiger partial charge in [-0.15, -0.1) is 24.5 Å². The van der Waals surface area contributed by atoms with Gasteiger partial charge in [-0.3, -0.25) is 24.1 Å². The topological polar surface area (TPSA) is 213 Å². The van der Waals surface area contributed by atoms with Crippen molar-refractivity contribution in [3.63, 3.8) is 0 Å². The minimum Gasteiger partial charge on any atom is -0.491 e. The molecule has 77 heavy (non-hydrogen) atoms. The summed E-state index contributed by atoms with van der Waals surface area (Å²) >= 11 is 1.34. The molecule has 1 saturated carbocycles. The van der Waals surface area contributed by atoms with E-state index in [0.717, 1.165) is 38.5 Å². The SMILES string of the molecule is C[C@@H](C(=O)N[C@H](C(=O)N1CCC[C@H]1c1nc(C(=O)c2ccc(OCCOCCOCCNC(=O)c3cccc(-c4cc(Nc5ccc(OC(F)(F)F)cc5)ncn4)c3)cc2)cs1)C1CCCCC1)N(C)C(=O)OC(C)(C)C. The fourth-order valence-corrected chi connectivity index (χ4v) is 9.77. The number of halogens is 3. The number of thiazole rings is 1. The number of likely N-dealkylation sites (tertiary alicyclic amines) is 1. The number of hydrogen-bond acceptors (Lipinski definition) is 15. The van der Waals surface area contributed by atoms with Crippen LogP contribution in [0.25, 0.3) is 11.3 Å². The van der Waals surface area contributed by atoms with Gasteiger partial charge in [0.2, 0.25) is 17.6 Å². The van der Waals surface area contributed by atoms with Gasteiger partial charge in [0.25, 0.3) is 5.91 Å². The second-order valence-electron chi connectivity index (χ2n) is 19.7. The first-order valence-corrected chi connectivity index (χ1v) is 26.5. The molecule has 3 aromatic carbocycles. The maximum absolute atomic E-state index is 14.5. The van der Waals surface area contributed by atoms with Crippen LogP contribution >= 0.6 is 11.3 Å². The predicted molar refractivity (Wildman–Crippen MR) is 281 cm³/mol. The van der Waals surface area contributed by atoms with Crippen LogP contribution in [-0.2, 0) is 23.8 Å². The number of ketones is 1. The molecule has 1 aliphatic carbocycles. The smallest absolute Gasteiger partial charge is 0.491 e. The van der Waals surface area contributed by atoms with E-state index in [1.807, 2.05) is 0 Å². The number of hydrogen-bond donors (Lipinski definition) is 3. The van der Waals surface area contributed by atoms with Crippen molar-refractivity contribution in [2.24, 2.45) is 5.92 Å². The molecular formula is C55H65F3N8O10S. The lowest BCUT2D eigenvalue weighted by Crippen LogP contribution is -2.56. The summed E-state index contributed by atoms with van der Waals surface area (Å²) in [6.07, 6.45) is 1.96. The number of likely N-dealkylation sites (N-methyl/N-ethyl adjacent to an activating group) is 1. The molecule has 3 heterocycles. The summed E-state index contributed by atoms with van der Waals surface area (Å²) in [7, 11) is 1.51. The Morgan fingerprint density at radius 2 is 1.52 bits per heavy atom. The van der Waals surface area contributed by atoms with Crippen molar-refractivity contribution in [2.45, 2.75) is 103 Å². The molecule has 3 N–H and O–H groups in total. The third kappa shape index (κ3) is 16.9. The van der Waals surface area contributed by atoms with Gasteiger partial charge in [0, 0.05) is 54.0 Å². The normalized spacial score (nSPS) is 15.7. The summed E-state index contributed by atoms with van der Waals surface area (Å²) in [5.41, 5.74) is 2.03. The largest absolute Gasteiger partial charge is 0.573 e. The van der Waals surface area contributed by atoms with Gasteiger partial charge in [0.15, 0.2) is 0 Å². The van der Waals surface area contributed by atoms with E-state index >= 15 is 0 Å². The van der Waals surface area contributed by atoms with Gasteiger partial charge in [0.05, 0.1) is 38.2 Å². The van der Waals surface area contributed by atoms with E-state index in [2.05, 4.69) is 30.7 Å². The van der Waals surface area contributed by atoms with E-state index in [1.165, 1.54) is 53.9 Å². The molecule has 3 atom stereocenters. The monoisotopic (exact) mass is 1090 g/mol. The summed E-state index contributed by atoms with van der Waals surface area (Å²) in [5.74, 6) is -0.627. The zero-order valence-corrected chi connectivity index (χ0v) is 44.5. The standard InChI is InChI=1S/C55H65F3N8O10S/c1-35(65(5)53(71)76-54(2,3)4)49(68)64-47(36-11-7-6-8-12-36)52(70)66-25-10-15-45(66)51-63-44(33-77-51)48(67)37-16-20-41(21-17-37)74-30-29-73-28-27-72-26-24-59-50(69)39-14-9-13-38(31-39)43-32-46(61-34-60-43)62-40-18-22-42(23-19-40)75-55(56,57)58/h9,13-14,16-23,31-36,45,47H,6-8,10-12,15,24-30H2,1-5H3,(H,59,69)(H,64,68)(H,60,61,62)/t35-,45-,47-/m0/s1. The number of anilines is 2. The van der Waals surface area contributed by atoms with Crippen LogP contribution in [0.2, 0.25) is 0 Å². The summed E-state index contributed by atoms with van der Waals surface area (Å²) in [5, 5.41) is 11.2. The Hall–Kier alpha value is -7.17. The van der Waals surface area contributed by atoms with Crippen LogP contribution in [0.3, 0.4) is 0 Å². The third-order valence-corrected chi connectivity index (χ3v) is 13.8. The van der Waals surface area contributed by atoms with E-state index in [4.69, 9.17) is 23.9 Å². The molecule has 0 bridgehead atoms. The number of rotatable bonds is 23. The molecular weight excluding hydrogens is 1020 g/mol. The van der Waals surface area contributed by atoms with E-state index in [0.29, 0.717) is 70.8 Å². The molecule has 7 rings (SSSR count). The Kier molecular flexibility index (Phi) is 20.0. The van der Waals surface area contributed by atoms with Gasteiger partial charge < -0.3 is 44.5 Å². The molecule has 2 aromatic heterocycles. The molecule has 0 spiro atoms. The number of benzene rings is 3. The number of nitrogens with one attached hydrogen (secondary N) is 3. The van der Waals surface area contributed by atoms with E-state index < -0.39 is 36.0 Å². The fourth-order valence-electron chi connectivity index (χ4n) is 8.82. The zero-order valence-electron chi connectivity index (χ0n) is 43.7. The van der Waals surface area contributed by atoms with Crippen LogP contribution in [0.1, 0.15) is 110 Å². The van der Waals surface area contributed by atoms with Gasteiger partial charge in [-0.25, -0.2) is 19.7 Å². The summed E-state index contributed by atoms with van der Waals surface area (Å²) < 4.78 is 64.0. The van der Waals surface area contributed by atoms with Crippen molar-refractivity contribution < 1.29 is 60.8 Å². The quantitative estimate of drug-likeness (QED) is 0.0411. The Labute approximate surface area is 449 Å². The Balaban J connectivity index is 0.798. The lowest BCUT2D eigenvalue weighted by atomic mass is 9.83. The van der Waals surface area contributed by atoms with Gasteiger partial charge in [-0.1, -0.05) is 31.4 Å². The fraction of sp³-hybridized carbons (Fsp3) is 0.455. The van der Waals surface area contributed by atoms with E-state index in [-0.39, 0.29) is 67.4 Å². The molecule has 4 amide bonds. The molecule has 2 aliphatic rings. The number of nitrogens with zero attached hydrogens (tertiary/aromatic N) is 5. The number of alkyl halides is 3.